The molecule has 0 aliphatic carbocycles. The van der Waals surface area contributed by atoms with E-state index in [0.717, 1.165) is 19.5 Å². The maximum atomic E-state index is 5.06. The molecule has 0 aromatic carbocycles. The first-order valence-electron chi connectivity index (χ1n) is 1.82. The van der Waals surface area contributed by atoms with E-state index in [1.165, 1.54) is 0 Å². The van der Waals surface area contributed by atoms with Crippen molar-refractivity contribution in [2.75, 3.05) is 13.1 Å². The van der Waals surface area contributed by atoms with Crippen LogP contribution in [0.3, 0.4) is 0 Å². The van der Waals surface area contributed by atoms with Crippen molar-refractivity contribution in [3.63, 3.8) is 0 Å². The zero-order chi connectivity index (χ0) is 4.12. The summed E-state index contributed by atoms with van der Waals surface area (Å²) in [6, 6.07) is 0. The van der Waals surface area contributed by atoms with Gasteiger partial charge in [-0.3, -0.25) is 0 Å². The van der Waals surface area contributed by atoms with Crippen LogP contribution in [0.4, 0.5) is 0 Å². The van der Waals surface area contributed by atoms with Gasteiger partial charge in [0.05, 0.1) is 0 Å². The van der Waals surface area contributed by atoms with Crippen molar-refractivity contribution in [1.82, 2.24) is 0 Å². The molecule has 36 valence electrons. The van der Waals surface area contributed by atoms with E-state index in [-0.39, 0.29) is 62.0 Å². The molecule has 0 fully saturated rings. The van der Waals surface area contributed by atoms with E-state index in [1.807, 2.05) is 0 Å². The number of hydrogen-bond donors (Lipinski definition) is 2. The summed E-state index contributed by atoms with van der Waals surface area (Å²) in [7, 11) is 0. The average molecular weight is 122 g/mol. The van der Waals surface area contributed by atoms with Gasteiger partial charge >= 0.3 is 59.1 Å². The molecule has 2 nitrogen and oxygen atoms in total. The SMILES string of the molecule is NCCCN.[H-].[H-].[Na+].[Na+]. The third kappa shape index (κ3) is 18.1. The summed E-state index contributed by atoms with van der Waals surface area (Å²) >= 11 is 0. The molecule has 0 heterocycles. The van der Waals surface area contributed by atoms with Crippen LogP contribution in [0.1, 0.15) is 9.27 Å². The molecule has 0 saturated heterocycles. The van der Waals surface area contributed by atoms with Crippen LogP contribution in [0.2, 0.25) is 0 Å². The molecule has 0 aliphatic heterocycles. The van der Waals surface area contributed by atoms with Crippen molar-refractivity contribution < 1.29 is 62.0 Å². The van der Waals surface area contributed by atoms with Crippen LogP contribution in [0, 0.1) is 0 Å². The van der Waals surface area contributed by atoms with Gasteiger partial charge in [0.25, 0.3) is 0 Å². The van der Waals surface area contributed by atoms with Gasteiger partial charge in [0.15, 0.2) is 0 Å². The summed E-state index contributed by atoms with van der Waals surface area (Å²) in [5, 5.41) is 0. The summed E-state index contributed by atoms with van der Waals surface area (Å²) in [6.07, 6.45) is 0.944. The normalized spacial score (nSPS) is 6.00. The molecule has 4 heteroatoms. The van der Waals surface area contributed by atoms with E-state index in [9.17, 15) is 0 Å². The Kier molecular flexibility index (Phi) is 35.7. The van der Waals surface area contributed by atoms with Crippen LogP contribution in [0.25, 0.3) is 0 Å². The van der Waals surface area contributed by atoms with Crippen molar-refractivity contribution in [3.05, 3.63) is 0 Å². The molecule has 0 rings (SSSR count). The van der Waals surface area contributed by atoms with Gasteiger partial charge in [0, 0.05) is 0 Å². The Labute approximate surface area is 91.9 Å². The quantitative estimate of drug-likeness (QED) is 0.358. The minimum atomic E-state index is 0. The van der Waals surface area contributed by atoms with E-state index < -0.39 is 0 Å². The third-order valence-electron chi connectivity index (χ3n) is 0.408. The van der Waals surface area contributed by atoms with Crippen molar-refractivity contribution in [2.45, 2.75) is 6.42 Å². The largest absolute Gasteiger partial charge is 1.00 e. The summed E-state index contributed by atoms with van der Waals surface area (Å²) in [6.45, 7) is 1.44. The first kappa shape index (κ1) is 16.0. The molecule has 0 aliphatic rings. The van der Waals surface area contributed by atoms with Gasteiger partial charge in [-0.15, -0.1) is 0 Å². The zero-order valence-electron chi connectivity index (χ0n) is 7.28. The predicted molar refractivity (Wildman–Crippen MR) is 24.9 cm³/mol. The Morgan fingerprint density at radius 1 is 1.00 bits per heavy atom. The fraction of sp³-hybridized carbons (Fsp3) is 1.00. The zero-order valence-corrected chi connectivity index (χ0v) is 9.28. The minimum Gasteiger partial charge on any atom is -1.00 e. The third-order valence-corrected chi connectivity index (χ3v) is 0.408. The second-order valence-corrected chi connectivity index (χ2v) is 0.931. The smallest absolute Gasteiger partial charge is 1.00 e. The monoisotopic (exact) mass is 122 g/mol. The van der Waals surface area contributed by atoms with E-state index in [4.69, 9.17) is 11.5 Å². The van der Waals surface area contributed by atoms with Crippen LogP contribution in [0.5, 0.6) is 0 Å². The van der Waals surface area contributed by atoms with Gasteiger partial charge in [-0.2, -0.15) is 0 Å². The van der Waals surface area contributed by atoms with E-state index >= 15 is 0 Å². The molecule has 0 aromatic heterocycles. The Hall–Kier alpha value is 1.92. The minimum absolute atomic E-state index is 0. The van der Waals surface area contributed by atoms with Crippen LogP contribution in [-0.2, 0) is 0 Å². The number of hydrogen-bond acceptors (Lipinski definition) is 2. The van der Waals surface area contributed by atoms with Crippen LogP contribution >= 0.6 is 0 Å². The van der Waals surface area contributed by atoms with Crippen molar-refractivity contribution >= 4 is 0 Å². The van der Waals surface area contributed by atoms with Gasteiger partial charge in [-0.1, -0.05) is 0 Å². The average Bonchev–Trinajstić information content (AvgIpc) is 1.41. The first-order chi connectivity index (χ1) is 2.41. The Morgan fingerprint density at radius 3 is 1.29 bits per heavy atom. The molecule has 4 N–H and O–H groups in total. The maximum Gasteiger partial charge on any atom is 1.00 e. The summed E-state index contributed by atoms with van der Waals surface area (Å²) < 4.78 is 0. The van der Waals surface area contributed by atoms with Gasteiger partial charge in [-0.05, 0) is 19.5 Å². The number of rotatable bonds is 2. The van der Waals surface area contributed by atoms with Crippen molar-refractivity contribution in [3.8, 4) is 0 Å². The first-order valence-corrected chi connectivity index (χ1v) is 1.82. The number of nitrogens with two attached hydrogens (primary N) is 2. The Bertz CT molecular complexity index is 25.3. The topological polar surface area (TPSA) is 52.0 Å². The van der Waals surface area contributed by atoms with Gasteiger partial charge in [-0.25, -0.2) is 0 Å². The molecular weight excluding hydrogens is 110 g/mol. The van der Waals surface area contributed by atoms with Crippen LogP contribution in [0.15, 0.2) is 0 Å². The Morgan fingerprint density at radius 2 is 1.29 bits per heavy atom. The fourth-order valence-electron chi connectivity index (χ4n) is 0.118. The summed E-state index contributed by atoms with van der Waals surface area (Å²) in [4.78, 5) is 0. The second-order valence-electron chi connectivity index (χ2n) is 0.931. The fourth-order valence-corrected chi connectivity index (χ4v) is 0.118. The summed E-state index contributed by atoms with van der Waals surface area (Å²) in [5.74, 6) is 0. The molecule has 0 spiro atoms. The molecule has 0 atom stereocenters. The standard InChI is InChI=1S/C3H10N2.2Na.2H/c4-2-1-3-5;;;;/h1-5H2;;;;/q;2*+1;2*-1. The van der Waals surface area contributed by atoms with E-state index in [0.29, 0.717) is 0 Å². The Balaban J connectivity index is -0.0000000133. The summed E-state index contributed by atoms with van der Waals surface area (Å²) in [5.41, 5.74) is 10.1. The molecule has 0 aromatic rings. The molecule has 0 radical (unpaired) electrons. The van der Waals surface area contributed by atoms with Crippen molar-refractivity contribution in [2.24, 2.45) is 11.5 Å². The molecule has 0 saturated carbocycles. The predicted octanol–water partition coefficient (Wildman–Crippen LogP) is -6.47. The van der Waals surface area contributed by atoms with E-state index in [2.05, 4.69) is 0 Å². The van der Waals surface area contributed by atoms with Gasteiger partial charge in [0.1, 0.15) is 0 Å². The molecule has 0 unspecified atom stereocenters. The molecule has 7 heavy (non-hydrogen) atoms. The maximum absolute atomic E-state index is 5.06. The molecule has 0 bridgehead atoms. The molecule has 0 amide bonds. The van der Waals surface area contributed by atoms with Crippen LogP contribution in [-0.4, -0.2) is 13.1 Å². The van der Waals surface area contributed by atoms with E-state index in [1.54, 1.807) is 0 Å². The van der Waals surface area contributed by atoms with Gasteiger partial charge in [0.2, 0.25) is 0 Å². The molecular formula is C3H12N2Na2. The van der Waals surface area contributed by atoms with Crippen molar-refractivity contribution in [1.29, 1.82) is 0 Å². The van der Waals surface area contributed by atoms with Gasteiger partial charge < -0.3 is 14.3 Å². The van der Waals surface area contributed by atoms with Crippen LogP contribution < -0.4 is 70.6 Å². The second kappa shape index (κ2) is 15.7.